The van der Waals surface area contributed by atoms with Crippen molar-refractivity contribution in [3.63, 3.8) is 0 Å². The number of hydrogen-bond acceptors (Lipinski definition) is 2. The standard InChI is InChI=1S/C15H25NO.ClH/c1-11(2)10-14(16)12-6-8-13(9-7-12)17-15(3,4)5;/h6-9,11,14H,10,16H2,1-5H3;1H/t14-;/m0./s1. The van der Waals surface area contributed by atoms with Crippen LogP contribution in [0.3, 0.4) is 0 Å². The minimum atomic E-state index is -0.151. The first-order chi connectivity index (χ1) is 7.78. The lowest BCUT2D eigenvalue weighted by atomic mass is 9.98. The lowest BCUT2D eigenvalue weighted by Gasteiger charge is -2.22. The van der Waals surface area contributed by atoms with Crippen molar-refractivity contribution in [3.8, 4) is 5.75 Å². The number of hydrogen-bond donors (Lipinski definition) is 1. The molecule has 2 N–H and O–H groups in total. The van der Waals surface area contributed by atoms with E-state index in [1.54, 1.807) is 0 Å². The van der Waals surface area contributed by atoms with Gasteiger partial charge in [-0.05, 0) is 50.8 Å². The fraction of sp³-hybridized carbons (Fsp3) is 0.600. The molecule has 0 fully saturated rings. The molecule has 104 valence electrons. The number of benzene rings is 1. The van der Waals surface area contributed by atoms with Crippen molar-refractivity contribution in [2.75, 3.05) is 0 Å². The summed E-state index contributed by atoms with van der Waals surface area (Å²) in [6.07, 6.45) is 1.01. The van der Waals surface area contributed by atoms with Crippen molar-refractivity contribution in [1.82, 2.24) is 0 Å². The fourth-order valence-corrected chi connectivity index (χ4v) is 1.78. The molecule has 1 rings (SSSR count). The van der Waals surface area contributed by atoms with Gasteiger partial charge in [-0.3, -0.25) is 0 Å². The largest absolute Gasteiger partial charge is 0.488 e. The molecule has 0 aromatic heterocycles. The van der Waals surface area contributed by atoms with E-state index < -0.39 is 0 Å². The second kappa shape index (κ2) is 7.01. The Morgan fingerprint density at radius 3 is 2.00 bits per heavy atom. The first-order valence-electron chi connectivity index (χ1n) is 6.32. The average Bonchev–Trinajstić information content (AvgIpc) is 2.15. The summed E-state index contributed by atoms with van der Waals surface area (Å²) < 4.78 is 5.78. The Morgan fingerprint density at radius 2 is 1.61 bits per heavy atom. The van der Waals surface area contributed by atoms with Crippen LogP contribution in [0.25, 0.3) is 0 Å². The number of halogens is 1. The van der Waals surface area contributed by atoms with E-state index >= 15 is 0 Å². The zero-order chi connectivity index (χ0) is 13.1. The molecular formula is C15H26ClNO. The Balaban J connectivity index is 0.00000289. The van der Waals surface area contributed by atoms with Crippen LogP contribution in [0.2, 0.25) is 0 Å². The van der Waals surface area contributed by atoms with Crippen molar-refractivity contribution in [1.29, 1.82) is 0 Å². The molecular weight excluding hydrogens is 246 g/mol. The molecule has 1 aromatic rings. The van der Waals surface area contributed by atoms with Crippen LogP contribution in [0.15, 0.2) is 24.3 Å². The van der Waals surface area contributed by atoms with E-state index in [1.165, 1.54) is 5.56 Å². The highest BCUT2D eigenvalue weighted by atomic mass is 35.5. The Kier molecular flexibility index (Phi) is 6.72. The number of rotatable bonds is 4. The molecule has 0 radical (unpaired) electrons. The molecule has 0 heterocycles. The SMILES string of the molecule is CC(C)C[C@H](N)c1ccc(OC(C)(C)C)cc1.Cl. The molecule has 0 aliphatic heterocycles. The maximum atomic E-state index is 6.13. The van der Waals surface area contributed by atoms with Crippen LogP contribution in [-0.4, -0.2) is 5.60 Å². The zero-order valence-electron chi connectivity index (χ0n) is 12.1. The van der Waals surface area contributed by atoms with Gasteiger partial charge in [-0.1, -0.05) is 26.0 Å². The number of ether oxygens (including phenoxy) is 1. The quantitative estimate of drug-likeness (QED) is 0.885. The Morgan fingerprint density at radius 1 is 1.11 bits per heavy atom. The topological polar surface area (TPSA) is 35.2 Å². The van der Waals surface area contributed by atoms with Gasteiger partial charge in [0.15, 0.2) is 0 Å². The van der Waals surface area contributed by atoms with Crippen LogP contribution in [0.5, 0.6) is 5.75 Å². The third-order valence-electron chi connectivity index (χ3n) is 2.46. The van der Waals surface area contributed by atoms with Gasteiger partial charge in [-0.2, -0.15) is 0 Å². The van der Waals surface area contributed by atoms with Crippen LogP contribution < -0.4 is 10.5 Å². The third-order valence-corrected chi connectivity index (χ3v) is 2.46. The van der Waals surface area contributed by atoms with Crippen molar-refractivity contribution in [2.45, 2.75) is 52.7 Å². The predicted molar refractivity (Wildman–Crippen MR) is 80.5 cm³/mol. The molecule has 0 aliphatic carbocycles. The van der Waals surface area contributed by atoms with E-state index in [9.17, 15) is 0 Å². The van der Waals surface area contributed by atoms with Gasteiger partial charge in [0.2, 0.25) is 0 Å². The molecule has 0 unspecified atom stereocenters. The van der Waals surface area contributed by atoms with Gasteiger partial charge in [0.25, 0.3) is 0 Å². The van der Waals surface area contributed by atoms with E-state index in [4.69, 9.17) is 10.5 Å². The summed E-state index contributed by atoms with van der Waals surface area (Å²) in [5.41, 5.74) is 7.16. The van der Waals surface area contributed by atoms with Crippen molar-refractivity contribution >= 4 is 12.4 Å². The lowest BCUT2D eigenvalue weighted by molar-refractivity contribution is 0.131. The summed E-state index contributed by atoms with van der Waals surface area (Å²) in [6.45, 7) is 10.5. The maximum absolute atomic E-state index is 6.13. The van der Waals surface area contributed by atoms with E-state index in [-0.39, 0.29) is 24.0 Å². The molecule has 2 nitrogen and oxygen atoms in total. The highest BCUT2D eigenvalue weighted by Crippen LogP contribution is 2.23. The minimum Gasteiger partial charge on any atom is -0.488 e. The molecule has 0 saturated carbocycles. The molecule has 0 spiro atoms. The summed E-state index contributed by atoms with van der Waals surface area (Å²) in [5.74, 6) is 1.52. The van der Waals surface area contributed by atoms with Crippen molar-refractivity contribution in [2.24, 2.45) is 11.7 Å². The predicted octanol–water partition coefficient (Wildman–Crippen LogP) is 4.33. The number of nitrogens with two attached hydrogens (primary N) is 1. The summed E-state index contributed by atoms with van der Waals surface area (Å²) in [4.78, 5) is 0. The van der Waals surface area contributed by atoms with Gasteiger partial charge >= 0.3 is 0 Å². The highest BCUT2D eigenvalue weighted by molar-refractivity contribution is 5.85. The van der Waals surface area contributed by atoms with Gasteiger partial charge in [0.05, 0.1) is 0 Å². The molecule has 18 heavy (non-hydrogen) atoms. The van der Waals surface area contributed by atoms with E-state index in [0.717, 1.165) is 12.2 Å². The monoisotopic (exact) mass is 271 g/mol. The second-order valence-electron chi connectivity index (χ2n) is 6.02. The van der Waals surface area contributed by atoms with Crippen LogP contribution in [0.1, 0.15) is 52.6 Å². The Bertz CT molecular complexity index is 341. The fourth-order valence-electron chi connectivity index (χ4n) is 1.78. The van der Waals surface area contributed by atoms with Gasteiger partial charge in [0.1, 0.15) is 11.4 Å². The molecule has 0 saturated heterocycles. The van der Waals surface area contributed by atoms with Crippen LogP contribution in [0, 0.1) is 5.92 Å². The normalized spacial score (nSPS) is 13.1. The Hall–Kier alpha value is -0.730. The van der Waals surface area contributed by atoms with Crippen LogP contribution >= 0.6 is 12.4 Å². The van der Waals surface area contributed by atoms with Gasteiger partial charge in [0, 0.05) is 6.04 Å². The molecule has 3 heteroatoms. The third kappa shape index (κ3) is 6.27. The van der Waals surface area contributed by atoms with Gasteiger partial charge in [-0.25, -0.2) is 0 Å². The van der Waals surface area contributed by atoms with Crippen molar-refractivity contribution in [3.05, 3.63) is 29.8 Å². The highest BCUT2D eigenvalue weighted by Gasteiger charge is 2.12. The molecule has 1 atom stereocenters. The van der Waals surface area contributed by atoms with Gasteiger partial charge in [-0.15, -0.1) is 12.4 Å². The first-order valence-corrected chi connectivity index (χ1v) is 6.32. The summed E-state index contributed by atoms with van der Waals surface area (Å²) in [7, 11) is 0. The molecule has 0 aliphatic rings. The molecule has 0 amide bonds. The van der Waals surface area contributed by atoms with Crippen LogP contribution in [0.4, 0.5) is 0 Å². The summed E-state index contributed by atoms with van der Waals surface area (Å²) in [6, 6.07) is 8.25. The van der Waals surface area contributed by atoms with Gasteiger partial charge < -0.3 is 10.5 Å². The van der Waals surface area contributed by atoms with Crippen molar-refractivity contribution < 1.29 is 4.74 Å². The molecule has 0 bridgehead atoms. The Labute approximate surface area is 117 Å². The zero-order valence-corrected chi connectivity index (χ0v) is 12.9. The lowest BCUT2D eigenvalue weighted by Crippen LogP contribution is -2.23. The van der Waals surface area contributed by atoms with E-state index in [0.29, 0.717) is 5.92 Å². The molecule has 1 aromatic carbocycles. The minimum absolute atomic E-state index is 0. The van der Waals surface area contributed by atoms with E-state index in [2.05, 4.69) is 26.0 Å². The summed E-state index contributed by atoms with van der Waals surface area (Å²) in [5, 5.41) is 0. The smallest absolute Gasteiger partial charge is 0.120 e. The summed E-state index contributed by atoms with van der Waals surface area (Å²) >= 11 is 0. The van der Waals surface area contributed by atoms with E-state index in [1.807, 2.05) is 32.9 Å². The second-order valence-corrected chi connectivity index (χ2v) is 6.02. The maximum Gasteiger partial charge on any atom is 0.120 e. The first kappa shape index (κ1) is 17.3. The van der Waals surface area contributed by atoms with Crippen LogP contribution in [-0.2, 0) is 0 Å². The average molecular weight is 272 g/mol.